The van der Waals surface area contributed by atoms with Gasteiger partial charge < -0.3 is 9.64 Å². The Morgan fingerprint density at radius 2 is 1.28 bits per heavy atom. The lowest BCUT2D eigenvalue weighted by molar-refractivity contribution is 0.240. The molecular formula is C45H34N2OSSi. The van der Waals surface area contributed by atoms with E-state index in [0.717, 1.165) is 34.1 Å². The van der Waals surface area contributed by atoms with Gasteiger partial charge in [0.1, 0.15) is 13.8 Å². The SMILES string of the molecule is C[Si]1(C)c2cc(N(c3ccccc3)c3ccc(C4Oc5ccccc5N4c4ccccc4)cc3)ccc2-c2c1ccc1sc3ccccc3c21. The maximum atomic E-state index is 6.60. The molecule has 0 fully saturated rings. The van der Waals surface area contributed by atoms with Crippen molar-refractivity contribution >= 4 is 78.4 Å². The summed E-state index contributed by atoms with van der Waals surface area (Å²) in [5.74, 6) is 0.898. The zero-order chi connectivity index (χ0) is 33.4. The normalized spacial score (nSPS) is 15.5. The first-order valence-corrected chi connectivity index (χ1v) is 21.0. The van der Waals surface area contributed by atoms with Gasteiger partial charge >= 0.3 is 0 Å². The third kappa shape index (κ3) is 4.40. The molecule has 1 aromatic heterocycles. The number of benzene rings is 7. The number of anilines is 5. The van der Waals surface area contributed by atoms with Crippen LogP contribution < -0.4 is 24.9 Å². The molecule has 3 nitrogen and oxygen atoms in total. The van der Waals surface area contributed by atoms with Crippen LogP contribution in [0.2, 0.25) is 13.1 Å². The molecule has 0 bridgehead atoms. The highest BCUT2D eigenvalue weighted by molar-refractivity contribution is 7.26. The third-order valence-corrected chi connectivity index (χ3v) is 15.2. The lowest BCUT2D eigenvalue weighted by Gasteiger charge is -2.29. The Morgan fingerprint density at radius 3 is 2.10 bits per heavy atom. The highest BCUT2D eigenvalue weighted by Crippen LogP contribution is 2.48. The number of rotatable bonds is 5. The Morgan fingerprint density at radius 1 is 0.600 bits per heavy atom. The van der Waals surface area contributed by atoms with E-state index in [1.54, 1.807) is 0 Å². The average Bonchev–Trinajstić information content (AvgIpc) is 3.81. The quantitative estimate of drug-likeness (QED) is 0.169. The molecule has 50 heavy (non-hydrogen) atoms. The molecule has 0 spiro atoms. The molecule has 0 saturated carbocycles. The molecule has 2 aliphatic rings. The van der Waals surface area contributed by atoms with Crippen molar-refractivity contribution in [3.8, 4) is 16.9 Å². The van der Waals surface area contributed by atoms with Crippen LogP contribution in [0.1, 0.15) is 11.8 Å². The van der Waals surface area contributed by atoms with Gasteiger partial charge in [-0.15, -0.1) is 11.3 Å². The summed E-state index contributed by atoms with van der Waals surface area (Å²) >= 11 is 1.91. The molecule has 3 heterocycles. The van der Waals surface area contributed by atoms with Crippen LogP contribution in [-0.4, -0.2) is 8.07 Å². The molecule has 0 amide bonds. The summed E-state index contributed by atoms with van der Waals surface area (Å²) in [6.45, 7) is 5.03. The van der Waals surface area contributed by atoms with Crippen LogP contribution in [0.4, 0.5) is 28.4 Å². The molecule has 1 unspecified atom stereocenters. The second-order valence-corrected chi connectivity index (χ2v) is 19.1. The van der Waals surface area contributed by atoms with Gasteiger partial charge in [0.25, 0.3) is 0 Å². The fourth-order valence-corrected chi connectivity index (χ4v) is 12.3. The smallest absolute Gasteiger partial charge is 0.203 e. The van der Waals surface area contributed by atoms with E-state index in [-0.39, 0.29) is 6.23 Å². The number of hydrogen-bond acceptors (Lipinski definition) is 4. The third-order valence-electron chi connectivity index (χ3n) is 10.5. The largest absolute Gasteiger partial charge is 0.464 e. The molecule has 10 rings (SSSR count). The van der Waals surface area contributed by atoms with Gasteiger partial charge in [0.2, 0.25) is 6.23 Å². The van der Waals surface area contributed by atoms with E-state index in [1.165, 1.54) is 47.4 Å². The van der Waals surface area contributed by atoms with Gasteiger partial charge in [0.05, 0.1) is 5.69 Å². The van der Waals surface area contributed by atoms with Crippen LogP contribution in [0.5, 0.6) is 5.75 Å². The summed E-state index contributed by atoms with van der Waals surface area (Å²) in [5.41, 5.74) is 9.57. The number of fused-ring (bicyclic) bond motifs is 8. The number of nitrogens with zero attached hydrogens (tertiary/aromatic N) is 2. The van der Waals surface area contributed by atoms with Gasteiger partial charge in [-0.05, 0) is 94.3 Å². The van der Waals surface area contributed by atoms with E-state index in [9.17, 15) is 0 Å². The minimum atomic E-state index is -1.98. The average molecular weight is 679 g/mol. The standard InChI is InChI=1S/C45H34N2OSSi/c1-50(2)41-28-27-40-43(35-17-9-12-20-39(35)49-40)44(41)36-26-25-34(29-42(36)50)46(31-13-5-3-6-14-31)33-23-21-30(22-24-33)45-47(32-15-7-4-8-16-32)37-18-10-11-19-38(37)48-45/h3-29,45H,1-2H3. The van der Waals surface area contributed by atoms with Crippen molar-refractivity contribution in [3.63, 3.8) is 0 Å². The highest BCUT2D eigenvalue weighted by Gasteiger charge is 2.39. The van der Waals surface area contributed by atoms with E-state index in [0.29, 0.717) is 0 Å². The second kappa shape index (κ2) is 11.2. The van der Waals surface area contributed by atoms with E-state index in [1.807, 2.05) is 17.4 Å². The van der Waals surface area contributed by atoms with Crippen molar-refractivity contribution in [3.05, 3.63) is 169 Å². The van der Waals surface area contributed by atoms with Crippen molar-refractivity contribution in [1.29, 1.82) is 0 Å². The van der Waals surface area contributed by atoms with Gasteiger partial charge in [-0.1, -0.05) is 104 Å². The van der Waals surface area contributed by atoms with Crippen LogP contribution in [0, 0.1) is 0 Å². The number of para-hydroxylation sites is 4. The molecule has 240 valence electrons. The van der Waals surface area contributed by atoms with E-state index in [2.05, 4.69) is 181 Å². The van der Waals surface area contributed by atoms with Crippen molar-refractivity contribution in [2.45, 2.75) is 19.3 Å². The molecule has 1 atom stereocenters. The summed E-state index contributed by atoms with van der Waals surface area (Å²) in [7, 11) is -1.98. The zero-order valence-electron chi connectivity index (χ0n) is 27.9. The van der Waals surface area contributed by atoms with Gasteiger partial charge in [-0.25, -0.2) is 0 Å². The first-order chi connectivity index (χ1) is 24.6. The molecule has 0 saturated heterocycles. The fourth-order valence-electron chi connectivity index (χ4n) is 8.12. The first kappa shape index (κ1) is 29.3. The zero-order valence-corrected chi connectivity index (χ0v) is 29.7. The first-order valence-electron chi connectivity index (χ1n) is 17.2. The second-order valence-electron chi connectivity index (χ2n) is 13.7. The topological polar surface area (TPSA) is 15.7 Å². The van der Waals surface area contributed by atoms with Crippen molar-refractivity contribution < 1.29 is 4.74 Å². The molecule has 0 N–H and O–H groups in total. The summed E-state index contributed by atoms with van der Waals surface area (Å²) in [4.78, 5) is 4.68. The molecule has 0 aliphatic carbocycles. The summed E-state index contributed by atoms with van der Waals surface area (Å²) in [5, 5.41) is 5.83. The Kier molecular flexibility index (Phi) is 6.57. The lowest BCUT2D eigenvalue weighted by atomic mass is 9.99. The maximum absolute atomic E-state index is 6.60. The maximum Gasteiger partial charge on any atom is 0.203 e. The Hall–Kier alpha value is -5.62. The van der Waals surface area contributed by atoms with E-state index < -0.39 is 8.07 Å². The molecular weight excluding hydrogens is 645 g/mol. The number of hydrogen-bond donors (Lipinski definition) is 0. The van der Waals surface area contributed by atoms with Crippen LogP contribution in [0.3, 0.4) is 0 Å². The van der Waals surface area contributed by atoms with Crippen LogP contribution in [0.15, 0.2) is 164 Å². The van der Waals surface area contributed by atoms with Crippen molar-refractivity contribution in [2.75, 3.05) is 9.80 Å². The van der Waals surface area contributed by atoms with Crippen LogP contribution in [-0.2, 0) is 0 Å². The minimum absolute atomic E-state index is 0.260. The van der Waals surface area contributed by atoms with Crippen molar-refractivity contribution in [2.24, 2.45) is 0 Å². The van der Waals surface area contributed by atoms with Gasteiger partial charge in [0, 0.05) is 48.5 Å². The minimum Gasteiger partial charge on any atom is -0.464 e. The molecule has 2 aliphatic heterocycles. The lowest BCUT2D eigenvalue weighted by Crippen LogP contribution is -2.49. The molecule has 5 heteroatoms. The number of thiophene rings is 1. The number of ether oxygens (including phenoxy) is 1. The Balaban J connectivity index is 1.07. The predicted molar refractivity (Wildman–Crippen MR) is 215 cm³/mol. The molecule has 7 aromatic carbocycles. The molecule has 0 radical (unpaired) electrons. The summed E-state index contributed by atoms with van der Waals surface area (Å²) < 4.78 is 9.33. The van der Waals surface area contributed by atoms with Crippen molar-refractivity contribution in [1.82, 2.24) is 0 Å². The Bertz CT molecular complexity index is 2560. The van der Waals surface area contributed by atoms with E-state index in [4.69, 9.17) is 4.74 Å². The van der Waals surface area contributed by atoms with Gasteiger partial charge in [-0.3, -0.25) is 4.90 Å². The van der Waals surface area contributed by atoms with Crippen LogP contribution in [0.25, 0.3) is 31.3 Å². The van der Waals surface area contributed by atoms with Crippen LogP contribution >= 0.6 is 11.3 Å². The molecule has 8 aromatic rings. The highest BCUT2D eigenvalue weighted by atomic mass is 32.1. The summed E-state index contributed by atoms with van der Waals surface area (Å²) in [6, 6.07) is 59.3. The predicted octanol–water partition coefficient (Wildman–Crippen LogP) is 11.6. The Labute approximate surface area is 297 Å². The van der Waals surface area contributed by atoms with E-state index >= 15 is 0 Å². The monoisotopic (exact) mass is 678 g/mol. The van der Waals surface area contributed by atoms with Gasteiger partial charge in [0.15, 0.2) is 0 Å². The fraction of sp³-hybridized carbons (Fsp3) is 0.0667. The van der Waals surface area contributed by atoms with Gasteiger partial charge in [-0.2, -0.15) is 0 Å². The summed E-state index contributed by atoms with van der Waals surface area (Å²) in [6.07, 6.45) is -0.260.